The first kappa shape index (κ1) is 22.8. The molecule has 34 heavy (non-hydrogen) atoms. The van der Waals surface area contributed by atoms with Gasteiger partial charge in [0.1, 0.15) is 5.75 Å². The molecule has 0 bridgehead atoms. The van der Waals surface area contributed by atoms with Gasteiger partial charge in [-0.15, -0.1) is 0 Å². The van der Waals surface area contributed by atoms with E-state index in [2.05, 4.69) is 23.5 Å². The SMILES string of the molecule is CC1Oc2ccc(NC(=O)c3ccc(Cl)c(Cl)c3)cc2CN(C2CCCc3ccccc32)C1=O. The zero-order chi connectivity index (χ0) is 23.8. The minimum Gasteiger partial charge on any atom is -0.481 e. The lowest BCUT2D eigenvalue weighted by molar-refractivity contribution is -0.140. The van der Waals surface area contributed by atoms with Crippen LogP contribution in [-0.2, 0) is 17.8 Å². The standard InChI is InChI=1S/C27H24Cl2N2O3/c1-16-27(33)31(24-8-4-6-17-5-2-3-7-21(17)24)15-19-13-20(10-12-25(19)34-16)30-26(32)18-9-11-22(28)23(29)14-18/h2-3,5,7,9-14,16,24H,4,6,8,15H2,1H3,(H,30,32). The summed E-state index contributed by atoms with van der Waals surface area (Å²) in [6, 6.07) is 18.6. The maximum atomic E-state index is 13.3. The highest BCUT2D eigenvalue weighted by molar-refractivity contribution is 6.42. The monoisotopic (exact) mass is 494 g/mol. The number of benzene rings is 3. The molecule has 0 radical (unpaired) electrons. The second-order valence-electron chi connectivity index (χ2n) is 8.74. The zero-order valence-electron chi connectivity index (χ0n) is 18.7. The summed E-state index contributed by atoms with van der Waals surface area (Å²) in [5, 5.41) is 3.62. The third-order valence-electron chi connectivity index (χ3n) is 6.49. The predicted molar refractivity (Wildman–Crippen MR) is 134 cm³/mol. The van der Waals surface area contributed by atoms with Crippen LogP contribution >= 0.6 is 23.2 Å². The van der Waals surface area contributed by atoms with Crippen molar-refractivity contribution < 1.29 is 14.3 Å². The molecule has 1 N–H and O–H groups in total. The molecule has 174 valence electrons. The van der Waals surface area contributed by atoms with Crippen molar-refractivity contribution in [3.63, 3.8) is 0 Å². The van der Waals surface area contributed by atoms with E-state index in [1.165, 1.54) is 17.2 Å². The molecule has 5 nitrogen and oxygen atoms in total. The first-order chi connectivity index (χ1) is 16.4. The van der Waals surface area contributed by atoms with Crippen LogP contribution in [0.25, 0.3) is 0 Å². The number of amides is 2. The molecule has 0 saturated heterocycles. The minimum atomic E-state index is -0.591. The summed E-state index contributed by atoms with van der Waals surface area (Å²) in [5.74, 6) is 0.329. The van der Waals surface area contributed by atoms with Crippen molar-refractivity contribution in [3.8, 4) is 5.75 Å². The molecule has 2 unspecified atom stereocenters. The Hall–Kier alpha value is -3.02. The van der Waals surface area contributed by atoms with Gasteiger partial charge in [-0.2, -0.15) is 0 Å². The summed E-state index contributed by atoms with van der Waals surface area (Å²) < 4.78 is 6.02. The highest BCUT2D eigenvalue weighted by atomic mass is 35.5. The number of nitrogens with one attached hydrogen (secondary N) is 1. The Morgan fingerprint density at radius 1 is 1.03 bits per heavy atom. The normalized spacial score (nSPS) is 19.5. The number of halogens is 2. The molecule has 1 aliphatic carbocycles. The summed E-state index contributed by atoms with van der Waals surface area (Å²) in [6.07, 6.45) is 2.39. The largest absolute Gasteiger partial charge is 0.481 e. The highest BCUT2D eigenvalue weighted by Gasteiger charge is 2.35. The van der Waals surface area contributed by atoms with E-state index in [0.29, 0.717) is 33.6 Å². The molecule has 0 spiro atoms. The Balaban J connectivity index is 1.43. The second kappa shape index (κ2) is 9.32. The number of fused-ring (bicyclic) bond motifs is 2. The van der Waals surface area contributed by atoms with E-state index >= 15 is 0 Å². The van der Waals surface area contributed by atoms with Gasteiger partial charge in [0.05, 0.1) is 22.6 Å². The first-order valence-electron chi connectivity index (χ1n) is 11.3. The van der Waals surface area contributed by atoms with E-state index in [-0.39, 0.29) is 17.9 Å². The molecule has 5 rings (SSSR count). The van der Waals surface area contributed by atoms with E-state index in [1.54, 1.807) is 25.1 Å². The summed E-state index contributed by atoms with van der Waals surface area (Å²) in [7, 11) is 0. The lowest BCUT2D eigenvalue weighted by atomic mass is 9.86. The van der Waals surface area contributed by atoms with Crippen LogP contribution in [0.5, 0.6) is 5.75 Å². The Morgan fingerprint density at radius 3 is 2.68 bits per heavy atom. The zero-order valence-corrected chi connectivity index (χ0v) is 20.2. The van der Waals surface area contributed by atoms with Crippen molar-refractivity contribution in [2.75, 3.05) is 5.32 Å². The lowest BCUT2D eigenvalue weighted by Gasteiger charge is -2.35. The molecule has 2 amide bonds. The van der Waals surface area contributed by atoms with Gasteiger partial charge in [-0.3, -0.25) is 9.59 Å². The van der Waals surface area contributed by atoms with Gasteiger partial charge in [-0.1, -0.05) is 47.5 Å². The van der Waals surface area contributed by atoms with Crippen molar-refractivity contribution in [1.29, 1.82) is 0 Å². The number of ether oxygens (including phenoxy) is 1. The molecule has 7 heteroatoms. The minimum absolute atomic E-state index is 0.00362. The molecule has 0 aromatic heterocycles. The molecule has 1 heterocycles. The molecule has 1 aliphatic heterocycles. The molecule has 0 fully saturated rings. The average Bonchev–Trinajstić information content (AvgIpc) is 2.96. The van der Waals surface area contributed by atoms with E-state index in [1.807, 2.05) is 23.1 Å². The number of rotatable bonds is 3. The molecular formula is C27H24Cl2N2O3. The average molecular weight is 495 g/mol. The van der Waals surface area contributed by atoms with E-state index in [9.17, 15) is 9.59 Å². The van der Waals surface area contributed by atoms with E-state index in [4.69, 9.17) is 27.9 Å². The summed E-state index contributed by atoms with van der Waals surface area (Å²) in [6.45, 7) is 2.20. The third kappa shape index (κ3) is 4.38. The Labute approximate surface area is 208 Å². The maximum absolute atomic E-state index is 13.3. The van der Waals surface area contributed by atoms with Crippen LogP contribution in [-0.4, -0.2) is 22.8 Å². The van der Waals surface area contributed by atoms with Crippen molar-refractivity contribution in [2.24, 2.45) is 0 Å². The lowest BCUT2D eigenvalue weighted by Crippen LogP contribution is -2.41. The van der Waals surface area contributed by atoms with Crippen LogP contribution in [0.1, 0.15) is 52.9 Å². The van der Waals surface area contributed by atoms with Crippen molar-refractivity contribution in [2.45, 2.75) is 44.9 Å². The van der Waals surface area contributed by atoms with Crippen LogP contribution in [0.4, 0.5) is 5.69 Å². The van der Waals surface area contributed by atoms with Gasteiger partial charge in [-0.25, -0.2) is 0 Å². The van der Waals surface area contributed by atoms with Gasteiger partial charge in [0, 0.05) is 16.8 Å². The summed E-state index contributed by atoms with van der Waals surface area (Å²) in [4.78, 5) is 28.0. The van der Waals surface area contributed by atoms with Crippen LogP contribution in [0.2, 0.25) is 10.0 Å². The molecular weight excluding hydrogens is 471 g/mol. The highest BCUT2D eigenvalue weighted by Crippen LogP contribution is 2.38. The summed E-state index contributed by atoms with van der Waals surface area (Å²) >= 11 is 12.0. The van der Waals surface area contributed by atoms with Gasteiger partial charge in [0.25, 0.3) is 11.8 Å². The topological polar surface area (TPSA) is 58.6 Å². The number of aryl methyl sites for hydroxylation is 1. The predicted octanol–water partition coefficient (Wildman–Crippen LogP) is 6.43. The Bertz CT molecular complexity index is 1280. The van der Waals surface area contributed by atoms with Gasteiger partial charge >= 0.3 is 0 Å². The quantitative estimate of drug-likeness (QED) is 0.456. The molecule has 2 aliphatic rings. The summed E-state index contributed by atoms with van der Waals surface area (Å²) in [5.41, 5.74) is 4.39. The van der Waals surface area contributed by atoms with Crippen molar-refractivity contribution >= 4 is 40.7 Å². The van der Waals surface area contributed by atoms with E-state index < -0.39 is 6.10 Å². The number of hydrogen-bond acceptors (Lipinski definition) is 3. The number of anilines is 1. The van der Waals surface area contributed by atoms with Crippen LogP contribution < -0.4 is 10.1 Å². The van der Waals surface area contributed by atoms with Crippen LogP contribution in [0, 0.1) is 0 Å². The number of hydrogen-bond donors (Lipinski definition) is 1. The fraction of sp³-hybridized carbons (Fsp3) is 0.259. The first-order valence-corrected chi connectivity index (χ1v) is 12.1. The molecule has 2 atom stereocenters. The van der Waals surface area contributed by atoms with Gasteiger partial charge < -0.3 is 15.0 Å². The fourth-order valence-corrected chi connectivity index (χ4v) is 5.09. The van der Waals surface area contributed by atoms with Crippen LogP contribution in [0.15, 0.2) is 60.7 Å². The maximum Gasteiger partial charge on any atom is 0.264 e. The Kier molecular flexibility index (Phi) is 6.24. The van der Waals surface area contributed by atoms with E-state index in [0.717, 1.165) is 24.8 Å². The molecule has 0 saturated carbocycles. The van der Waals surface area contributed by atoms with Gasteiger partial charge in [0.15, 0.2) is 6.10 Å². The van der Waals surface area contributed by atoms with Crippen molar-refractivity contribution in [3.05, 3.63) is 93.0 Å². The number of nitrogens with zero attached hydrogens (tertiary/aromatic N) is 1. The van der Waals surface area contributed by atoms with Crippen LogP contribution in [0.3, 0.4) is 0 Å². The second-order valence-corrected chi connectivity index (χ2v) is 9.55. The fourth-order valence-electron chi connectivity index (χ4n) is 4.79. The molecule has 3 aromatic carbocycles. The smallest absolute Gasteiger partial charge is 0.264 e. The van der Waals surface area contributed by atoms with Crippen molar-refractivity contribution in [1.82, 2.24) is 4.90 Å². The van der Waals surface area contributed by atoms with Gasteiger partial charge in [-0.05, 0) is 73.7 Å². The number of carbonyl (C=O) groups excluding carboxylic acids is 2. The number of carbonyl (C=O) groups is 2. The van der Waals surface area contributed by atoms with Gasteiger partial charge in [0.2, 0.25) is 0 Å². The molecule has 3 aromatic rings. The third-order valence-corrected chi connectivity index (χ3v) is 7.23. The Morgan fingerprint density at radius 2 is 1.85 bits per heavy atom.